The van der Waals surface area contributed by atoms with E-state index >= 15 is 0 Å². The average molecular weight is 238 g/mol. The van der Waals surface area contributed by atoms with Crippen LogP contribution in [-0.2, 0) is 15.1 Å². The molecule has 4 heteroatoms. The second kappa shape index (κ2) is 5.68. The second-order valence-corrected chi connectivity index (χ2v) is 3.83. The minimum atomic E-state index is -1.57. The summed E-state index contributed by atoms with van der Waals surface area (Å²) in [6.45, 7) is 1.90. The molecule has 17 heavy (non-hydrogen) atoms. The summed E-state index contributed by atoms with van der Waals surface area (Å²) in [6, 6.07) is 6.76. The van der Waals surface area contributed by atoms with Crippen molar-refractivity contribution in [1.29, 1.82) is 0 Å². The highest BCUT2D eigenvalue weighted by molar-refractivity contribution is 5.81. The lowest BCUT2D eigenvalue weighted by atomic mass is 9.89. The minimum absolute atomic E-state index is 0.325. The summed E-state index contributed by atoms with van der Waals surface area (Å²) < 4.78 is 9.69. The Labute approximate surface area is 101 Å². The number of rotatable bonds is 5. The molecule has 1 N–H and O–H groups in total. The number of hydrogen-bond donors (Lipinski definition) is 1. The van der Waals surface area contributed by atoms with Crippen LogP contribution < -0.4 is 4.74 Å². The lowest BCUT2D eigenvalue weighted by molar-refractivity contribution is -0.164. The van der Waals surface area contributed by atoms with E-state index in [4.69, 9.17) is 4.74 Å². The third-order valence-electron chi connectivity index (χ3n) is 2.70. The van der Waals surface area contributed by atoms with E-state index < -0.39 is 11.6 Å². The van der Waals surface area contributed by atoms with Crippen molar-refractivity contribution in [1.82, 2.24) is 0 Å². The normalized spacial score (nSPS) is 13.9. The SMILES string of the molecule is CCCC(O)(C(=O)OC)c1ccc(OC)cc1. The fourth-order valence-electron chi connectivity index (χ4n) is 1.76. The van der Waals surface area contributed by atoms with Gasteiger partial charge in [-0.25, -0.2) is 4.79 Å². The molecule has 0 spiro atoms. The van der Waals surface area contributed by atoms with Crippen molar-refractivity contribution >= 4 is 5.97 Å². The van der Waals surface area contributed by atoms with Crippen LogP contribution in [0.25, 0.3) is 0 Å². The Morgan fingerprint density at radius 3 is 2.29 bits per heavy atom. The zero-order valence-electron chi connectivity index (χ0n) is 10.4. The van der Waals surface area contributed by atoms with Crippen LogP contribution in [0.15, 0.2) is 24.3 Å². The van der Waals surface area contributed by atoms with Crippen molar-refractivity contribution in [3.63, 3.8) is 0 Å². The molecule has 0 heterocycles. The van der Waals surface area contributed by atoms with E-state index in [-0.39, 0.29) is 0 Å². The Morgan fingerprint density at radius 2 is 1.88 bits per heavy atom. The molecule has 0 amide bonds. The van der Waals surface area contributed by atoms with Gasteiger partial charge in [0.05, 0.1) is 14.2 Å². The van der Waals surface area contributed by atoms with E-state index in [0.29, 0.717) is 24.2 Å². The number of carbonyl (C=O) groups excluding carboxylic acids is 1. The van der Waals surface area contributed by atoms with Crippen molar-refractivity contribution < 1.29 is 19.4 Å². The summed E-state index contributed by atoms with van der Waals surface area (Å²) in [5.41, 5.74) is -1.05. The van der Waals surface area contributed by atoms with Crippen LogP contribution in [0.4, 0.5) is 0 Å². The molecule has 1 atom stereocenters. The van der Waals surface area contributed by atoms with Gasteiger partial charge in [-0.2, -0.15) is 0 Å². The average Bonchev–Trinajstić information content (AvgIpc) is 2.38. The molecule has 0 bridgehead atoms. The van der Waals surface area contributed by atoms with Gasteiger partial charge in [0.2, 0.25) is 0 Å². The Hall–Kier alpha value is -1.55. The second-order valence-electron chi connectivity index (χ2n) is 3.83. The van der Waals surface area contributed by atoms with E-state index in [1.54, 1.807) is 31.4 Å². The van der Waals surface area contributed by atoms with Gasteiger partial charge in [0.25, 0.3) is 0 Å². The Morgan fingerprint density at radius 1 is 1.29 bits per heavy atom. The van der Waals surface area contributed by atoms with E-state index in [9.17, 15) is 9.90 Å². The van der Waals surface area contributed by atoms with E-state index in [0.717, 1.165) is 0 Å². The Bertz CT molecular complexity index is 372. The van der Waals surface area contributed by atoms with Crippen molar-refractivity contribution in [3.8, 4) is 5.75 Å². The highest BCUT2D eigenvalue weighted by Gasteiger charge is 2.38. The van der Waals surface area contributed by atoms with Gasteiger partial charge in [0.1, 0.15) is 5.75 Å². The molecular formula is C13H18O4. The van der Waals surface area contributed by atoms with Gasteiger partial charge in [-0.15, -0.1) is 0 Å². The molecule has 0 aromatic heterocycles. The van der Waals surface area contributed by atoms with Crippen molar-refractivity contribution in [3.05, 3.63) is 29.8 Å². The Balaban J connectivity index is 3.08. The maximum Gasteiger partial charge on any atom is 0.342 e. The summed E-state index contributed by atoms with van der Waals surface area (Å²) in [5.74, 6) is 0.0435. The van der Waals surface area contributed by atoms with Gasteiger partial charge in [0.15, 0.2) is 5.60 Å². The molecule has 94 valence electrons. The predicted molar refractivity (Wildman–Crippen MR) is 63.8 cm³/mol. The minimum Gasteiger partial charge on any atom is -0.497 e. The molecule has 1 unspecified atom stereocenters. The summed E-state index contributed by atoms with van der Waals surface area (Å²) in [5, 5.41) is 10.4. The summed E-state index contributed by atoms with van der Waals surface area (Å²) in [4.78, 5) is 11.7. The molecule has 0 fully saturated rings. The predicted octanol–water partition coefficient (Wildman–Crippen LogP) is 1.86. The molecule has 0 radical (unpaired) electrons. The van der Waals surface area contributed by atoms with Crippen molar-refractivity contribution in [2.24, 2.45) is 0 Å². The molecule has 0 aliphatic rings. The van der Waals surface area contributed by atoms with Gasteiger partial charge >= 0.3 is 5.97 Å². The number of benzene rings is 1. The maximum absolute atomic E-state index is 11.7. The van der Waals surface area contributed by atoms with Crippen molar-refractivity contribution in [2.75, 3.05) is 14.2 Å². The van der Waals surface area contributed by atoms with E-state index in [1.165, 1.54) is 7.11 Å². The Kier molecular flexibility index (Phi) is 4.52. The van der Waals surface area contributed by atoms with Gasteiger partial charge in [-0.05, 0) is 24.1 Å². The lowest BCUT2D eigenvalue weighted by Gasteiger charge is -2.25. The van der Waals surface area contributed by atoms with Crippen molar-refractivity contribution in [2.45, 2.75) is 25.4 Å². The highest BCUT2D eigenvalue weighted by atomic mass is 16.5. The smallest absolute Gasteiger partial charge is 0.342 e. The zero-order valence-corrected chi connectivity index (χ0v) is 10.4. The van der Waals surface area contributed by atoms with Crippen LogP contribution in [0.1, 0.15) is 25.3 Å². The molecule has 0 aliphatic carbocycles. The topological polar surface area (TPSA) is 55.8 Å². The quantitative estimate of drug-likeness (QED) is 0.795. The summed E-state index contributed by atoms with van der Waals surface area (Å²) >= 11 is 0. The van der Waals surface area contributed by atoms with Gasteiger partial charge in [0, 0.05) is 0 Å². The number of methoxy groups -OCH3 is 2. The highest BCUT2D eigenvalue weighted by Crippen LogP contribution is 2.29. The van der Waals surface area contributed by atoms with Crippen LogP contribution in [0.3, 0.4) is 0 Å². The first-order valence-electron chi connectivity index (χ1n) is 5.53. The van der Waals surface area contributed by atoms with Crippen LogP contribution in [0.2, 0.25) is 0 Å². The zero-order chi connectivity index (χ0) is 12.9. The molecular weight excluding hydrogens is 220 g/mol. The number of aliphatic hydroxyl groups is 1. The van der Waals surface area contributed by atoms with Gasteiger partial charge in [-0.1, -0.05) is 25.5 Å². The van der Waals surface area contributed by atoms with Crippen LogP contribution >= 0.6 is 0 Å². The number of carbonyl (C=O) groups is 1. The number of hydrogen-bond acceptors (Lipinski definition) is 4. The van der Waals surface area contributed by atoms with Crippen LogP contribution in [0, 0.1) is 0 Å². The summed E-state index contributed by atoms with van der Waals surface area (Å²) in [7, 11) is 2.83. The molecule has 4 nitrogen and oxygen atoms in total. The standard InChI is InChI=1S/C13H18O4/c1-4-9-13(15,12(14)17-3)10-5-7-11(16-2)8-6-10/h5-8,15H,4,9H2,1-3H3. The first kappa shape index (κ1) is 13.5. The first-order chi connectivity index (χ1) is 8.08. The molecule has 0 aliphatic heterocycles. The molecule has 0 saturated heterocycles. The van der Waals surface area contributed by atoms with Gasteiger partial charge < -0.3 is 14.6 Å². The largest absolute Gasteiger partial charge is 0.497 e. The molecule has 1 rings (SSSR count). The monoisotopic (exact) mass is 238 g/mol. The summed E-state index contributed by atoms with van der Waals surface area (Å²) in [6.07, 6.45) is 1.00. The molecule has 1 aromatic carbocycles. The number of esters is 1. The molecule has 0 saturated carbocycles. The first-order valence-corrected chi connectivity index (χ1v) is 5.53. The van der Waals surface area contributed by atoms with Crippen LogP contribution in [-0.4, -0.2) is 25.3 Å². The molecule has 1 aromatic rings. The van der Waals surface area contributed by atoms with Crippen LogP contribution in [0.5, 0.6) is 5.75 Å². The number of ether oxygens (including phenoxy) is 2. The fourth-order valence-corrected chi connectivity index (χ4v) is 1.76. The van der Waals surface area contributed by atoms with Gasteiger partial charge in [-0.3, -0.25) is 0 Å². The third-order valence-corrected chi connectivity index (χ3v) is 2.70. The van der Waals surface area contributed by atoms with E-state index in [1.807, 2.05) is 6.92 Å². The maximum atomic E-state index is 11.7. The fraction of sp³-hybridized carbons (Fsp3) is 0.462. The lowest BCUT2D eigenvalue weighted by Crippen LogP contribution is -2.36. The third kappa shape index (κ3) is 2.77. The van der Waals surface area contributed by atoms with E-state index in [2.05, 4.69) is 4.74 Å².